The SMILES string of the molecule is Cc1cccc(CN(CCC(=O)O)Cc2c(C)cc(C)cc2C)c1. The number of hydrogen-bond acceptors (Lipinski definition) is 2. The molecular weight excluding hydrogens is 298 g/mol. The standard InChI is InChI=1S/C21H27NO2/c1-15-6-5-7-19(12-15)13-22(9-8-21(23)24)14-20-17(3)10-16(2)11-18(20)4/h5-7,10-12H,8-9,13-14H2,1-4H3,(H,23,24). The minimum atomic E-state index is -0.749. The molecule has 1 N–H and O–H groups in total. The molecule has 0 fully saturated rings. The Morgan fingerprint density at radius 1 is 0.958 bits per heavy atom. The largest absolute Gasteiger partial charge is 0.481 e. The molecule has 2 rings (SSSR count). The number of aryl methyl sites for hydroxylation is 4. The molecule has 2 aromatic rings. The van der Waals surface area contributed by atoms with E-state index in [1.165, 1.54) is 33.4 Å². The molecule has 0 saturated heterocycles. The van der Waals surface area contributed by atoms with Gasteiger partial charge in [0, 0.05) is 19.6 Å². The van der Waals surface area contributed by atoms with Gasteiger partial charge in [-0.15, -0.1) is 0 Å². The van der Waals surface area contributed by atoms with Crippen LogP contribution in [-0.4, -0.2) is 22.5 Å². The average Bonchev–Trinajstić information content (AvgIpc) is 2.48. The molecule has 24 heavy (non-hydrogen) atoms. The number of carbonyl (C=O) groups is 1. The highest BCUT2D eigenvalue weighted by atomic mass is 16.4. The van der Waals surface area contributed by atoms with Crippen LogP contribution in [-0.2, 0) is 17.9 Å². The lowest BCUT2D eigenvalue weighted by atomic mass is 9.99. The molecule has 0 amide bonds. The van der Waals surface area contributed by atoms with Gasteiger partial charge in [-0.3, -0.25) is 9.69 Å². The first-order chi connectivity index (χ1) is 11.3. The highest BCUT2D eigenvalue weighted by molar-refractivity contribution is 5.66. The van der Waals surface area contributed by atoms with Crippen molar-refractivity contribution in [3.05, 3.63) is 69.8 Å². The van der Waals surface area contributed by atoms with Gasteiger partial charge in [-0.25, -0.2) is 0 Å². The summed E-state index contributed by atoms with van der Waals surface area (Å²) < 4.78 is 0. The minimum absolute atomic E-state index is 0.162. The summed E-state index contributed by atoms with van der Waals surface area (Å²) >= 11 is 0. The monoisotopic (exact) mass is 325 g/mol. The highest BCUT2D eigenvalue weighted by Gasteiger charge is 2.13. The average molecular weight is 325 g/mol. The Labute approximate surface area is 144 Å². The van der Waals surface area contributed by atoms with E-state index in [4.69, 9.17) is 5.11 Å². The number of rotatable bonds is 7. The van der Waals surface area contributed by atoms with Gasteiger partial charge in [-0.05, 0) is 49.9 Å². The molecule has 128 valence electrons. The Hall–Kier alpha value is -2.13. The predicted octanol–water partition coefficient (Wildman–Crippen LogP) is 4.40. The van der Waals surface area contributed by atoms with Crippen molar-refractivity contribution < 1.29 is 9.90 Å². The fraction of sp³-hybridized carbons (Fsp3) is 0.381. The van der Waals surface area contributed by atoms with Crippen LogP contribution in [0.3, 0.4) is 0 Å². The van der Waals surface area contributed by atoms with Crippen LogP contribution in [0.2, 0.25) is 0 Å². The number of nitrogens with zero attached hydrogens (tertiary/aromatic N) is 1. The summed E-state index contributed by atoms with van der Waals surface area (Å²) in [5.41, 5.74) is 7.58. The van der Waals surface area contributed by atoms with Gasteiger partial charge in [-0.2, -0.15) is 0 Å². The van der Waals surface area contributed by atoms with E-state index < -0.39 is 5.97 Å². The third-order valence-electron chi connectivity index (χ3n) is 4.35. The molecule has 3 heteroatoms. The minimum Gasteiger partial charge on any atom is -0.481 e. The zero-order valence-electron chi connectivity index (χ0n) is 15.1. The van der Waals surface area contributed by atoms with Crippen molar-refractivity contribution in [3.63, 3.8) is 0 Å². The van der Waals surface area contributed by atoms with E-state index in [0.29, 0.717) is 6.54 Å². The number of carboxylic acid groups (broad SMARTS) is 1. The molecule has 0 aliphatic carbocycles. The van der Waals surface area contributed by atoms with Gasteiger partial charge in [0.05, 0.1) is 6.42 Å². The molecule has 0 bridgehead atoms. The van der Waals surface area contributed by atoms with E-state index in [0.717, 1.165) is 13.1 Å². The Morgan fingerprint density at radius 2 is 1.62 bits per heavy atom. The molecule has 0 atom stereocenters. The van der Waals surface area contributed by atoms with Crippen LogP contribution >= 0.6 is 0 Å². The second-order valence-electron chi connectivity index (χ2n) is 6.72. The Kier molecular flexibility index (Phi) is 6.16. The summed E-state index contributed by atoms with van der Waals surface area (Å²) in [7, 11) is 0. The van der Waals surface area contributed by atoms with E-state index in [2.05, 4.69) is 69.0 Å². The van der Waals surface area contributed by atoms with Crippen LogP contribution in [0.25, 0.3) is 0 Å². The lowest BCUT2D eigenvalue weighted by Crippen LogP contribution is -2.26. The molecule has 2 aromatic carbocycles. The van der Waals surface area contributed by atoms with Crippen LogP contribution in [0.5, 0.6) is 0 Å². The summed E-state index contributed by atoms with van der Waals surface area (Å²) in [6, 6.07) is 12.8. The summed E-state index contributed by atoms with van der Waals surface area (Å²) in [5.74, 6) is -0.749. The van der Waals surface area contributed by atoms with Crippen LogP contribution in [0.1, 0.15) is 39.8 Å². The van der Waals surface area contributed by atoms with Crippen molar-refractivity contribution in [1.82, 2.24) is 4.90 Å². The fourth-order valence-electron chi connectivity index (χ4n) is 3.22. The van der Waals surface area contributed by atoms with Crippen LogP contribution in [0.15, 0.2) is 36.4 Å². The maximum absolute atomic E-state index is 11.0. The van der Waals surface area contributed by atoms with Crippen molar-refractivity contribution in [1.29, 1.82) is 0 Å². The summed E-state index contributed by atoms with van der Waals surface area (Å²) in [4.78, 5) is 13.2. The second-order valence-corrected chi connectivity index (χ2v) is 6.72. The summed E-state index contributed by atoms with van der Waals surface area (Å²) in [6.07, 6.45) is 0.162. The summed E-state index contributed by atoms with van der Waals surface area (Å²) in [6.45, 7) is 10.6. The molecule has 0 unspecified atom stereocenters. The third kappa shape index (κ3) is 5.20. The first kappa shape index (κ1) is 18.2. The lowest BCUT2D eigenvalue weighted by molar-refractivity contribution is -0.137. The fourth-order valence-corrected chi connectivity index (χ4v) is 3.22. The normalized spacial score (nSPS) is 11.0. The first-order valence-corrected chi connectivity index (χ1v) is 8.41. The molecule has 0 aliphatic rings. The van der Waals surface area contributed by atoms with Gasteiger partial charge in [0.1, 0.15) is 0 Å². The van der Waals surface area contributed by atoms with Crippen LogP contribution < -0.4 is 0 Å². The number of hydrogen-bond donors (Lipinski definition) is 1. The van der Waals surface area contributed by atoms with Gasteiger partial charge in [0.25, 0.3) is 0 Å². The zero-order chi connectivity index (χ0) is 17.7. The first-order valence-electron chi connectivity index (χ1n) is 8.41. The predicted molar refractivity (Wildman–Crippen MR) is 98.2 cm³/mol. The maximum atomic E-state index is 11.0. The van der Waals surface area contributed by atoms with Gasteiger partial charge < -0.3 is 5.11 Å². The maximum Gasteiger partial charge on any atom is 0.304 e. The van der Waals surface area contributed by atoms with Crippen molar-refractivity contribution >= 4 is 5.97 Å². The van der Waals surface area contributed by atoms with E-state index in [-0.39, 0.29) is 6.42 Å². The van der Waals surface area contributed by atoms with E-state index in [1.54, 1.807) is 0 Å². The van der Waals surface area contributed by atoms with Crippen molar-refractivity contribution in [2.75, 3.05) is 6.54 Å². The molecule has 0 heterocycles. The van der Waals surface area contributed by atoms with Crippen molar-refractivity contribution in [2.24, 2.45) is 0 Å². The third-order valence-corrected chi connectivity index (χ3v) is 4.35. The second kappa shape index (κ2) is 8.11. The smallest absolute Gasteiger partial charge is 0.304 e. The topological polar surface area (TPSA) is 40.5 Å². The Morgan fingerprint density at radius 3 is 2.21 bits per heavy atom. The summed E-state index contributed by atoms with van der Waals surface area (Å²) in [5, 5.41) is 9.06. The van der Waals surface area contributed by atoms with Gasteiger partial charge >= 0.3 is 5.97 Å². The van der Waals surface area contributed by atoms with E-state index in [9.17, 15) is 4.79 Å². The highest BCUT2D eigenvalue weighted by Crippen LogP contribution is 2.20. The van der Waals surface area contributed by atoms with Crippen molar-refractivity contribution in [2.45, 2.75) is 47.2 Å². The molecule has 0 aliphatic heterocycles. The van der Waals surface area contributed by atoms with Gasteiger partial charge in [0.2, 0.25) is 0 Å². The molecule has 0 saturated carbocycles. The van der Waals surface area contributed by atoms with Gasteiger partial charge in [-0.1, -0.05) is 47.5 Å². The Bertz CT molecular complexity index is 699. The molecule has 0 radical (unpaired) electrons. The molecule has 3 nitrogen and oxygen atoms in total. The van der Waals surface area contributed by atoms with E-state index in [1.807, 2.05) is 0 Å². The molecule has 0 spiro atoms. The quantitative estimate of drug-likeness (QED) is 0.820. The van der Waals surface area contributed by atoms with Crippen LogP contribution in [0, 0.1) is 27.7 Å². The number of carboxylic acids is 1. The zero-order valence-corrected chi connectivity index (χ0v) is 15.1. The molecule has 0 aromatic heterocycles. The van der Waals surface area contributed by atoms with Crippen LogP contribution in [0.4, 0.5) is 0 Å². The van der Waals surface area contributed by atoms with Crippen molar-refractivity contribution in [3.8, 4) is 0 Å². The lowest BCUT2D eigenvalue weighted by Gasteiger charge is -2.24. The van der Waals surface area contributed by atoms with Gasteiger partial charge in [0.15, 0.2) is 0 Å². The number of benzene rings is 2. The Balaban J connectivity index is 2.21. The van der Waals surface area contributed by atoms with E-state index >= 15 is 0 Å². The molecular formula is C21H27NO2. The number of aliphatic carboxylic acids is 1.